The zero-order chi connectivity index (χ0) is 20.8. The van der Waals surface area contributed by atoms with Gasteiger partial charge < -0.3 is 10.1 Å². The molecule has 0 aliphatic rings. The molecule has 0 saturated carbocycles. The molecule has 1 amide bonds. The van der Waals surface area contributed by atoms with Crippen LogP contribution in [-0.2, 0) is 16.1 Å². The van der Waals surface area contributed by atoms with Crippen LogP contribution in [0.2, 0.25) is 0 Å². The highest BCUT2D eigenvalue weighted by molar-refractivity contribution is 6.03. The van der Waals surface area contributed by atoms with Gasteiger partial charge in [-0.15, -0.1) is 0 Å². The molecule has 1 aromatic heterocycles. The molecular formula is C22H23N3O4. The van der Waals surface area contributed by atoms with Gasteiger partial charge in [0.25, 0.3) is 11.5 Å². The van der Waals surface area contributed by atoms with Crippen molar-refractivity contribution in [1.29, 1.82) is 0 Å². The zero-order valence-corrected chi connectivity index (χ0v) is 16.4. The summed E-state index contributed by atoms with van der Waals surface area (Å²) in [6, 6.07) is 15.7. The highest BCUT2D eigenvalue weighted by atomic mass is 16.5. The molecule has 1 atom stereocenters. The lowest BCUT2D eigenvalue weighted by Gasteiger charge is -2.15. The van der Waals surface area contributed by atoms with Gasteiger partial charge in [0.1, 0.15) is 0 Å². The van der Waals surface area contributed by atoms with Crippen LogP contribution in [0.4, 0.5) is 5.69 Å². The van der Waals surface area contributed by atoms with Crippen LogP contribution in [0.25, 0.3) is 10.8 Å². The summed E-state index contributed by atoms with van der Waals surface area (Å²) in [7, 11) is 0. The summed E-state index contributed by atoms with van der Waals surface area (Å²) in [5, 5.41) is 7.73. The van der Waals surface area contributed by atoms with Crippen LogP contribution in [0, 0.1) is 0 Å². The van der Waals surface area contributed by atoms with Crippen LogP contribution in [0.15, 0.2) is 59.4 Å². The van der Waals surface area contributed by atoms with E-state index < -0.39 is 18.0 Å². The highest BCUT2D eigenvalue weighted by Crippen LogP contribution is 2.16. The van der Waals surface area contributed by atoms with Gasteiger partial charge in [0.05, 0.1) is 5.39 Å². The molecular weight excluding hydrogens is 370 g/mol. The van der Waals surface area contributed by atoms with Gasteiger partial charge in [-0.05, 0) is 31.5 Å². The number of ether oxygens (including phenoxy) is 1. The summed E-state index contributed by atoms with van der Waals surface area (Å²) >= 11 is 0. The Balaban J connectivity index is 1.85. The summed E-state index contributed by atoms with van der Waals surface area (Å²) in [5.74, 6) is -1.20. The molecule has 0 spiro atoms. The SMILES string of the molecule is CCCCn1nc(C(=O)O[C@H](C)C(=O)Nc2ccccc2)c2ccccc2c1=O. The second kappa shape index (κ2) is 9.14. The Bertz CT molecular complexity index is 1080. The number of carbonyl (C=O) groups excluding carboxylic acids is 2. The predicted octanol–water partition coefficient (Wildman–Crippen LogP) is 3.38. The Labute approximate surface area is 168 Å². The minimum Gasteiger partial charge on any atom is -0.448 e. The number of aryl methyl sites for hydroxylation is 1. The van der Waals surface area contributed by atoms with E-state index in [-0.39, 0.29) is 11.3 Å². The standard InChI is InChI=1S/C22H23N3O4/c1-3-4-14-25-21(27)18-13-9-8-12-17(18)19(24-25)22(28)29-15(2)20(26)23-16-10-6-5-7-11-16/h5-13,15H,3-4,14H2,1-2H3,(H,23,26)/t15-/m1/s1. The van der Waals surface area contributed by atoms with Crippen molar-refractivity contribution in [3.63, 3.8) is 0 Å². The Morgan fingerprint density at radius 3 is 2.41 bits per heavy atom. The molecule has 0 aliphatic heterocycles. The maximum absolute atomic E-state index is 12.8. The quantitative estimate of drug-likeness (QED) is 0.622. The summed E-state index contributed by atoms with van der Waals surface area (Å²) in [5.41, 5.74) is 0.383. The van der Waals surface area contributed by atoms with Gasteiger partial charge in [-0.2, -0.15) is 5.10 Å². The maximum atomic E-state index is 12.8. The van der Waals surface area contributed by atoms with Gasteiger partial charge in [0.2, 0.25) is 0 Å². The summed E-state index contributed by atoms with van der Waals surface area (Å²) < 4.78 is 6.64. The average molecular weight is 393 g/mol. The number of anilines is 1. The minimum atomic E-state index is -1.03. The lowest BCUT2D eigenvalue weighted by atomic mass is 10.1. The number of fused-ring (bicyclic) bond motifs is 1. The van der Waals surface area contributed by atoms with Crippen molar-refractivity contribution in [3.05, 3.63) is 70.6 Å². The van der Waals surface area contributed by atoms with Crippen molar-refractivity contribution < 1.29 is 14.3 Å². The smallest absolute Gasteiger partial charge is 0.360 e. The number of carbonyl (C=O) groups is 2. The molecule has 0 unspecified atom stereocenters. The molecule has 0 radical (unpaired) electrons. The Kier molecular flexibility index (Phi) is 6.39. The number of aromatic nitrogens is 2. The zero-order valence-electron chi connectivity index (χ0n) is 16.4. The Morgan fingerprint density at radius 1 is 1.07 bits per heavy atom. The lowest BCUT2D eigenvalue weighted by molar-refractivity contribution is -0.123. The number of hydrogen-bond donors (Lipinski definition) is 1. The third-order valence-electron chi connectivity index (χ3n) is 4.48. The van der Waals surface area contributed by atoms with Crippen molar-refractivity contribution in [1.82, 2.24) is 9.78 Å². The van der Waals surface area contributed by atoms with Crippen molar-refractivity contribution in [2.75, 3.05) is 5.32 Å². The minimum absolute atomic E-state index is 0.0238. The molecule has 0 saturated heterocycles. The lowest BCUT2D eigenvalue weighted by Crippen LogP contribution is -2.32. The average Bonchev–Trinajstić information content (AvgIpc) is 2.74. The number of benzene rings is 2. The molecule has 1 N–H and O–H groups in total. The van der Waals surface area contributed by atoms with E-state index in [2.05, 4.69) is 10.4 Å². The first-order valence-electron chi connectivity index (χ1n) is 9.58. The van der Waals surface area contributed by atoms with Crippen LogP contribution in [-0.4, -0.2) is 27.8 Å². The van der Waals surface area contributed by atoms with Gasteiger partial charge in [-0.3, -0.25) is 9.59 Å². The second-order valence-corrected chi connectivity index (χ2v) is 6.68. The molecule has 29 heavy (non-hydrogen) atoms. The number of para-hydroxylation sites is 1. The monoisotopic (exact) mass is 393 g/mol. The van der Waals surface area contributed by atoms with Crippen molar-refractivity contribution >= 4 is 28.3 Å². The molecule has 150 valence electrons. The molecule has 1 heterocycles. The number of rotatable bonds is 7. The molecule has 0 fully saturated rings. The van der Waals surface area contributed by atoms with Crippen LogP contribution < -0.4 is 10.9 Å². The van der Waals surface area contributed by atoms with E-state index in [9.17, 15) is 14.4 Å². The van der Waals surface area contributed by atoms with E-state index in [4.69, 9.17) is 4.74 Å². The third kappa shape index (κ3) is 4.68. The summed E-state index contributed by atoms with van der Waals surface area (Å²) in [6.07, 6.45) is 0.617. The topological polar surface area (TPSA) is 90.3 Å². The molecule has 3 aromatic rings. The third-order valence-corrected chi connectivity index (χ3v) is 4.48. The van der Waals surface area contributed by atoms with Crippen LogP contribution >= 0.6 is 0 Å². The molecule has 7 heteroatoms. The van der Waals surface area contributed by atoms with Crippen LogP contribution in [0.1, 0.15) is 37.2 Å². The number of hydrogen-bond acceptors (Lipinski definition) is 5. The van der Waals surface area contributed by atoms with Crippen molar-refractivity contribution in [2.24, 2.45) is 0 Å². The number of amides is 1. The fourth-order valence-corrected chi connectivity index (χ4v) is 2.88. The number of nitrogens with one attached hydrogen (secondary N) is 1. The Hall–Kier alpha value is -3.48. The van der Waals surface area contributed by atoms with E-state index in [0.717, 1.165) is 12.8 Å². The molecule has 0 bridgehead atoms. The number of esters is 1. The first-order valence-corrected chi connectivity index (χ1v) is 9.58. The number of nitrogens with zero attached hydrogens (tertiary/aromatic N) is 2. The van der Waals surface area contributed by atoms with Crippen LogP contribution in [0.3, 0.4) is 0 Å². The van der Waals surface area contributed by atoms with Gasteiger partial charge in [-0.1, -0.05) is 49.7 Å². The molecule has 0 aliphatic carbocycles. The van der Waals surface area contributed by atoms with Gasteiger partial charge in [-0.25, -0.2) is 9.48 Å². The normalized spacial score (nSPS) is 11.8. The molecule has 3 rings (SSSR count). The largest absolute Gasteiger partial charge is 0.448 e. The van der Waals surface area contributed by atoms with E-state index in [1.54, 1.807) is 48.5 Å². The van der Waals surface area contributed by atoms with Crippen molar-refractivity contribution in [2.45, 2.75) is 39.3 Å². The van der Waals surface area contributed by atoms with Gasteiger partial charge in [0, 0.05) is 17.6 Å². The molecule has 7 nitrogen and oxygen atoms in total. The second-order valence-electron chi connectivity index (χ2n) is 6.68. The fourth-order valence-electron chi connectivity index (χ4n) is 2.88. The van der Waals surface area contributed by atoms with Crippen molar-refractivity contribution in [3.8, 4) is 0 Å². The first-order chi connectivity index (χ1) is 14.0. The van der Waals surface area contributed by atoms with E-state index in [1.807, 2.05) is 13.0 Å². The summed E-state index contributed by atoms with van der Waals surface area (Å²) in [4.78, 5) is 37.8. The van der Waals surface area contributed by atoms with E-state index >= 15 is 0 Å². The maximum Gasteiger partial charge on any atom is 0.360 e. The molecule has 2 aromatic carbocycles. The fraction of sp³-hybridized carbons (Fsp3) is 0.273. The van der Waals surface area contributed by atoms with Gasteiger partial charge >= 0.3 is 5.97 Å². The van der Waals surface area contributed by atoms with E-state index in [1.165, 1.54) is 11.6 Å². The Morgan fingerprint density at radius 2 is 1.72 bits per heavy atom. The van der Waals surface area contributed by atoms with E-state index in [0.29, 0.717) is 23.0 Å². The first kappa shape index (κ1) is 20.3. The number of unbranched alkanes of at least 4 members (excludes halogenated alkanes) is 1. The summed E-state index contributed by atoms with van der Waals surface area (Å²) in [6.45, 7) is 3.91. The predicted molar refractivity (Wildman–Crippen MR) is 111 cm³/mol. The highest BCUT2D eigenvalue weighted by Gasteiger charge is 2.23. The van der Waals surface area contributed by atoms with Gasteiger partial charge in [0.15, 0.2) is 11.8 Å². The van der Waals surface area contributed by atoms with Crippen LogP contribution in [0.5, 0.6) is 0 Å².